The topological polar surface area (TPSA) is 26.3 Å². The molecular weight excluding hydrogens is 320 g/mol. The summed E-state index contributed by atoms with van der Waals surface area (Å²) in [7, 11) is 0. The molecule has 1 unspecified atom stereocenters. The second kappa shape index (κ2) is 19.5. The lowest BCUT2D eigenvalue weighted by Crippen LogP contribution is -2.16. The standard InChI is InChI=1S/C24H38O2/c1-4-7-8-9-10-11-12-13-14-15-16-17-18-19-20-21-22-23(5-2)24(25)26-6-3/h7-8,10-11,13-14,16-17,20-21,23H,4-6,9,12,15,18-19,22H2,1-3H3/b8-7-,11-10-,14-13-,17-16-,21-20+. The van der Waals surface area contributed by atoms with Crippen molar-refractivity contribution in [2.24, 2.45) is 5.92 Å². The third kappa shape index (κ3) is 15.7. The van der Waals surface area contributed by atoms with Crippen LogP contribution in [-0.4, -0.2) is 12.6 Å². The van der Waals surface area contributed by atoms with E-state index in [-0.39, 0.29) is 11.9 Å². The minimum Gasteiger partial charge on any atom is -0.466 e. The number of carbonyl (C=O) groups is 1. The average Bonchev–Trinajstić information content (AvgIpc) is 2.64. The molecule has 0 aromatic carbocycles. The Bertz CT molecular complexity index is 467. The Morgan fingerprint density at radius 3 is 1.73 bits per heavy atom. The largest absolute Gasteiger partial charge is 0.466 e. The molecule has 0 rings (SSSR count). The fourth-order valence-corrected chi connectivity index (χ4v) is 2.36. The van der Waals surface area contributed by atoms with Crippen LogP contribution in [0, 0.1) is 5.92 Å². The summed E-state index contributed by atoms with van der Waals surface area (Å²) < 4.78 is 5.08. The van der Waals surface area contributed by atoms with Crippen molar-refractivity contribution in [2.45, 2.75) is 72.1 Å². The number of hydrogen-bond donors (Lipinski definition) is 0. The van der Waals surface area contributed by atoms with Gasteiger partial charge >= 0.3 is 5.97 Å². The summed E-state index contributed by atoms with van der Waals surface area (Å²) in [6, 6.07) is 0. The number of hydrogen-bond acceptors (Lipinski definition) is 2. The first kappa shape index (κ1) is 24.2. The highest BCUT2D eigenvalue weighted by Gasteiger charge is 2.15. The first-order valence-electron chi connectivity index (χ1n) is 10.2. The summed E-state index contributed by atoms with van der Waals surface area (Å²) in [5, 5.41) is 0. The van der Waals surface area contributed by atoms with Gasteiger partial charge in [0.05, 0.1) is 12.5 Å². The molecule has 0 amide bonds. The molecule has 146 valence electrons. The quantitative estimate of drug-likeness (QED) is 0.177. The van der Waals surface area contributed by atoms with Crippen molar-refractivity contribution in [1.29, 1.82) is 0 Å². The minimum atomic E-state index is -0.0707. The first-order chi connectivity index (χ1) is 12.8. The molecule has 0 aliphatic rings. The zero-order valence-electron chi connectivity index (χ0n) is 17.0. The summed E-state index contributed by atoms with van der Waals surface area (Å²) in [6.45, 7) is 6.50. The van der Waals surface area contributed by atoms with Gasteiger partial charge in [0.2, 0.25) is 0 Å². The second-order valence-corrected chi connectivity index (χ2v) is 6.14. The summed E-state index contributed by atoms with van der Waals surface area (Å²) >= 11 is 0. The van der Waals surface area contributed by atoms with E-state index in [1.54, 1.807) is 0 Å². The van der Waals surface area contributed by atoms with Crippen LogP contribution < -0.4 is 0 Å². The fraction of sp³-hybridized carbons (Fsp3) is 0.542. The zero-order chi connectivity index (χ0) is 19.3. The highest BCUT2D eigenvalue weighted by molar-refractivity contribution is 5.72. The van der Waals surface area contributed by atoms with E-state index in [0.29, 0.717) is 6.61 Å². The van der Waals surface area contributed by atoms with Gasteiger partial charge in [0.15, 0.2) is 0 Å². The molecule has 2 heteroatoms. The van der Waals surface area contributed by atoms with Crippen molar-refractivity contribution in [2.75, 3.05) is 6.61 Å². The van der Waals surface area contributed by atoms with Gasteiger partial charge < -0.3 is 4.74 Å². The maximum Gasteiger partial charge on any atom is 0.309 e. The van der Waals surface area contributed by atoms with E-state index in [1.807, 2.05) is 13.8 Å². The normalized spacial score (nSPS) is 13.8. The number of allylic oxidation sites excluding steroid dienone is 10. The molecule has 0 aliphatic heterocycles. The summed E-state index contributed by atoms with van der Waals surface area (Å²) in [5.74, 6) is -0.0674. The number of rotatable bonds is 15. The fourth-order valence-electron chi connectivity index (χ4n) is 2.36. The van der Waals surface area contributed by atoms with E-state index in [1.165, 1.54) is 0 Å². The Kier molecular flexibility index (Phi) is 18.1. The Labute approximate surface area is 161 Å². The molecule has 0 saturated heterocycles. The third-order valence-corrected chi connectivity index (χ3v) is 3.92. The van der Waals surface area contributed by atoms with Gasteiger partial charge in [0.25, 0.3) is 0 Å². The van der Waals surface area contributed by atoms with Crippen molar-refractivity contribution < 1.29 is 9.53 Å². The molecule has 0 bridgehead atoms. The molecule has 0 aromatic heterocycles. The maximum absolute atomic E-state index is 11.7. The van der Waals surface area contributed by atoms with E-state index in [0.717, 1.165) is 51.4 Å². The first-order valence-corrected chi connectivity index (χ1v) is 10.2. The summed E-state index contributed by atoms with van der Waals surface area (Å²) in [5.41, 5.74) is 0. The van der Waals surface area contributed by atoms with Crippen molar-refractivity contribution >= 4 is 5.97 Å². The van der Waals surface area contributed by atoms with Gasteiger partial charge in [0, 0.05) is 0 Å². The lowest BCUT2D eigenvalue weighted by Gasteiger charge is -2.10. The lowest BCUT2D eigenvalue weighted by molar-refractivity contribution is -0.148. The van der Waals surface area contributed by atoms with Crippen molar-refractivity contribution in [3.05, 3.63) is 60.8 Å². The van der Waals surface area contributed by atoms with E-state index in [4.69, 9.17) is 4.74 Å². The monoisotopic (exact) mass is 358 g/mol. The molecule has 0 spiro atoms. The summed E-state index contributed by atoms with van der Waals surface area (Å²) in [4.78, 5) is 11.7. The highest BCUT2D eigenvalue weighted by atomic mass is 16.5. The molecule has 1 atom stereocenters. The van der Waals surface area contributed by atoms with Gasteiger partial charge in [0.1, 0.15) is 0 Å². The number of unbranched alkanes of at least 4 members (excludes halogenated alkanes) is 1. The number of carbonyl (C=O) groups excluding carboxylic acids is 1. The molecule has 0 aromatic rings. The lowest BCUT2D eigenvalue weighted by atomic mass is 10.0. The average molecular weight is 359 g/mol. The van der Waals surface area contributed by atoms with E-state index >= 15 is 0 Å². The van der Waals surface area contributed by atoms with Crippen LogP contribution in [-0.2, 0) is 9.53 Å². The van der Waals surface area contributed by atoms with Gasteiger partial charge in [-0.3, -0.25) is 4.79 Å². The molecule has 2 nitrogen and oxygen atoms in total. The van der Waals surface area contributed by atoms with E-state index in [2.05, 4.69) is 67.7 Å². The van der Waals surface area contributed by atoms with E-state index in [9.17, 15) is 4.79 Å². The van der Waals surface area contributed by atoms with Crippen molar-refractivity contribution in [1.82, 2.24) is 0 Å². The van der Waals surface area contributed by atoms with Crippen LogP contribution in [0.15, 0.2) is 60.8 Å². The smallest absolute Gasteiger partial charge is 0.309 e. The Hall–Kier alpha value is -1.83. The van der Waals surface area contributed by atoms with Crippen molar-refractivity contribution in [3.8, 4) is 0 Å². The Morgan fingerprint density at radius 1 is 0.731 bits per heavy atom. The molecule has 0 saturated carbocycles. The van der Waals surface area contributed by atoms with Gasteiger partial charge in [-0.15, -0.1) is 0 Å². The predicted molar refractivity (Wildman–Crippen MR) is 114 cm³/mol. The van der Waals surface area contributed by atoms with Gasteiger partial charge in [-0.05, 0) is 58.3 Å². The van der Waals surface area contributed by atoms with Gasteiger partial charge in [-0.25, -0.2) is 0 Å². The Balaban J connectivity index is 3.70. The molecule has 26 heavy (non-hydrogen) atoms. The molecular formula is C24H38O2. The van der Waals surface area contributed by atoms with Crippen LogP contribution in [0.5, 0.6) is 0 Å². The minimum absolute atomic E-state index is 0.00333. The van der Waals surface area contributed by atoms with Gasteiger partial charge in [-0.2, -0.15) is 0 Å². The van der Waals surface area contributed by atoms with Crippen LogP contribution in [0.1, 0.15) is 72.1 Å². The van der Waals surface area contributed by atoms with Crippen LogP contribution in [0.2, 0.25) is 0 Å². The van der Waals surface area contributed by atoms with Crippen LogP contribution in [0.4, 0.5) is 0 Å². The molecule has 0 fully saturated rings. The van der Waals surface area contributed by atoms with E-state index < -0.39 is 0 Å². The number of ether oxygens (including phenoxy) is 1. The molecule has 0 aliphatic carbocycles. The SMILES string of the molecule is CC/C=C\C/C=C\C/C=C\C/C=C\CC/C=C/CC(CC)C(=O)OCC. The van der Waals surface area contributed by atoms with Crippen LogP contribution >= 0.6 is 0 Å². The molecule has 0 heterocycles. The molecule has 0 N–H and O–H groups in total. The predicted octanol–water partition coefficient (Wildman–Crippen LogP) is 7.11. The van der Waals surface area contributed by atoms with Crippen LogP contribution in [0.3, 0.4) is 0 Å². The van der Waals surface area contributed by atoms with Gasteiger partial charge in [-0.1, -0.05) is 74.6 Å². The maximum atomic E-state index is 11.7. The third-order valence-electron chi connectivity index (χ3n) is 3.92. The zero-order valence-corrected chi connectivity index (χ0v) is 17.0. The molecule has 0 radical (unpaired) electrons. The van der Waals surface area contributed by atoms with Crippen LogP contribution in [0.25, 0.3) is 0 Å². The number of esters is 1. The second-order valence-electron chi connectivity index (χ2n) is 6.14. The Morgan fingerprint density at radius 2 is 1.23 bits per heavy atom. The van der Waals surface area contributed by atoms with Crippen molar-refractivity contribution in [3.63, 3.8) is 0 Å². The summed E-state index contributed by atoms with van der Waals surface area (Å²) in [6.07, 6.45) is 29.8. The highest BCUT2D eigenvalue weighted by Crippen LogP contribution is 2.12.